The van der Waals surface area contributed by atoms with Crippen LogP contribution in [0.4, 0.5) is 0 Å². The summed E-state index contributed by atoms with van der Waals surface area (Å²) in [6.07, 6.45) is -0.0572. The lowest BCUT2D eigenvalue weighted by molar-refractivity contribution is -0.162. The fourth-order valence-corrected chi connectivity index (χ4v) is 3.03. The fourth-order valence-electron chi connectivity index (χ4n) is 1.77. The second-order valence-corrected chi connectivity index (χ2v) is 5.08. The van der Waals surface area contributed by atoms with E-state index in [1.807, 2.05) is 13.8 Å². The van der Waals surface area contributed by atoms with E-state index in [4.69, 9.17) is 14.2 Å². The smallest absolute Gasteiger partial charge is 0.303 e. The Balaban J connectivity index is 2.01. The van der Waals surface area contributed by atoms with Crippen molar-refractivity contribution in [2.24, 2.45) is 0 Å². The third-order valence-electron chi connectivity index (χ3n) is 2.20. The molecule has 2 unspecified atom stereocenters. The first-order chi connectivity index (χ1) is 6.48. The molecule has 2 fully saturated rings. The summed E-state index contributed by atoms with van der Waals surface area (Å²) in [5.41, 5.74) is -0.209. The molecule has 0 aliphatic carbocycles. The molecule has 0 saturated carbocycles. The highest BCUT2D eigenvalue weighted by molar-refractivity contribution is 8.00. The van der Waals surface area contributed by atoms with Crippen LogP contribution in [-0.2, 0) is 19.0 Å². The van der Waals surface area contributed by atoms with Gasteiger partial charge in [-0.1, -0.05) is 0 Å². The molecule has 5 heteroatoms. The predicted molar refractivity (Wildman–Crippen MR) is 51.8 cm³/mol. The van der Waals surface area contributed by atoms with E-state index in [2.05, 4.69) is 0 Å². The Bertz CT molecular complexity index is 253. The second kappa shape index (κ2) is 3.40. The number of carbonyl (C=O) groups excluding carboxylic acids is 1. The number of thioether (sulfide) groups is 1. The van der Waals surface area contributed by atoms with Crippen molar-refractivity contribution in [1.29, 1.82) is 0 Å². The van der Waals surface area contributed by atoms with Crippen molar-refractivity contribution in [2.45, 2.75) is 44.2 Å². The fraction of sp³-hybridized carbons (Fsp3) is 0.889. The number of hydrogen-bond acceptors (Lipinski definition) is 5. The summed E-state index contributed by atoms with van der Waals surface area (Å²) in [4.78, 5) is 10.8. The topological polar surface area (TPSA) is 44.8 Å². The first kappa shape index (κ1) is 10.3. The van der Waals surface area contributed by atoms with Gasteiger partial charge in [-0.15, -0.1) is 11.8 Å². The molecule has 0 aromatic heterocycles. The zero-order valence-electron chi connectivity index (χ0n) is 8.48. The molecule has 0 aromatic carbocycles. The van der Waals surface area contributed by atoms with Crippen LogP contribution in [0.3, 0.4) is 0 Å². The van der Waals surface area contributed by atoms with Gasteiger partial charge in [0.25, 0.3) is 0 Å². The average molecular weight is 218 g/mol. The molecule has 2 aliphatic rings. The molecule has 2 saturated heterocycles. The highest BCUT2D eigenvalue weighted by Gasteiger charge is 2.51. The van der Waals surface area contributed by atoms with E-state index in [1.54, 1.807) is 11.8 Å². The summed E-state index contributed by atoms with van der Waals surface area (Å²) in [5.74, 6) is 0.0114. The van der Waals surface area contributed by atoms with Gasteiger partial charge in [0.2, 0.25) is 0 Å². The van der Waals surface area contributed by atoms with Gasteiger partial charge in [-0.25, -0.2) is 0 Å². The van der Waals surface area contributed by atoms with E-state index in [9.17, 15) is 4.79 Å². The lowest BCUT2D eigenvalue weighted by Crippen LogP contribution is -2.30. The molecule has 0 N–H and O–H groups in total. The van der Waals surface area contributed by atoms with Gasteiger partial charge in [0.05, 0.1) is 0 Å². The van der Waals surface area contributed by atoms with Crippen molar-refractivity contribution in [3.63, 3.8) is 0 Å². The summed E-state index contributed by atoms with van der Waals surface area (Å²) < 4.78 is 16.5. The summed E-state index contributed by atoms with van der Waals surface area (Å²) in [5, 5.41) is 0. The van der Waals surface area contributed by atoms with Crippen LogP contribution in [0.15, 0.2) is 0 Å². The van der Waals surface area contributed by atoms with Gasteiger partial charge in [0.15, 0.2) is 11.2 Å². The van der Waals surface area contributed by atoms with E-state index in [0.717, 1.165) is 5.75 Å². The number of ether oxygens (including phenoxy) is 3. The average Bonchev–Trinajstić information content (AvgIpc) is 2.47. The van der Waals surface area contributed by atoms with Gasteiger partial charge >= 0.3 is 5.97 Å². The second-order valence-electron chi connectivity index (χ2n) is 3.95. The molecule has 80 valence electrons. The van der Waals surface area contributed by atoms with E-state index in [0.29, 0.717) is 0 Å². The minimum absolute atomic E-state index is 0.0550. The van der Waals surface area contributed by atoms with Crippen molar-refractivity contribution in [1.82, 2.24) is 0 Å². The molecule has 14 heavy (non-hydrogen) atoms. The third kappa shape index (κ3) is 1.89. The Morgan fingerprint density at radius 2 is 2.21 bits per heavy atom. The number of rotatable bonds is 1. The SMILES string of the molecule is CC(=O)OC1SC[C@@H]2OC(C)(C)OC12. The van der Waals surface area contributed by atoms with E-state index < -0.39 is 5.79 Å². The minimum Gasteiger partial charge on any atom is -0.449 e. The molecule has 0 radical (unpaired) electrons. The van der Waals surface area contributed by atoms with Crippen molar-refractivity contribution in [3.8, 4) is 0 Å². The monoisotopic (exact) mass is 218 g/mol. The van der Waals surface area contributed by atoms with Gasteiger partial charge < -0.3 is 14.2 Å². The maximum Gasteiger partial charge on any atom is 0.303 e. The molecule has 2 rings (SSSR count). The molecular formula is C9H14O4S. The van der Waals surface area contributed by atoms with Gasteiger partial charge in [-0.2, -0.15) is 0 Å². The quantitative estimate of drug-likeness (QED) is 0.618. The highest BCUT2D eigenvalue weighted by Crippen LogP contribution is 2.41. The summed E-state index contributed by atoms with van der Waals surface area (Å²) in [6, 6.07) is 0. The number of hydrogen-bond donors (Lipinski definition) is 0. The lowest BCUT2D eigenvalue weighted by Gasteiger charge is -2.20. The Kier molecular flexibility index (Phi) is 2.49. The first-order valence-electron chi connectivity index (χ1n) is 4.62. The molecule has 0 bridgehead atoms. The summed E-state index contributed by atoms with van der Waals surface area (Å²) in [6.45, 7) is 5.16. The van der Waals surface area contributed by atoms with Crippen molar-refractivity contribution in [2.75, 3.05) is 5.75 Å². The molecule has 2 heterocycles. The van der Waals surface area contributed by atoms with Crippen molar-refractivity contribution in [3.05, 3.63) is 0 Å². The first-order valence-corrected chi connectivity index (χ1v) is 5.67. The maximum atomic E-state index is 10.8. The van der Waals surface area contributed by atoms with Crippen LogP contribution in [0.5, 0.6) is 0 Å². The van der Waals surface area contributed by atoms with Crippen LogP contribution in [-0.4, -0.2) is 35.2 Å². The summed E-state index contributed by atoms with van der Waals surface area (Å²) >= 11 is 1.57. The van der Waals surface area contributed by atoms with Crippen molar-refractivity contribution < 1.29 is 19.0 Å². The highest BCUT2D eigenvalue weighted by atomic mass is 32.2. The van der Waals surface area contributed by atoms with Crippen LogP contribution >= 0.6 is 11.8 Å². The number of fused-ring (bicyclic) bond motifs is 1. The standard InChI is InChI=1S/C9H14O4S/c1-5(10)11-8-7-6(4-14-8)12-9(2,3)13-7/h6-8H,4H2,1-3H3/t6-,7?,8?/m0/s1. The molecule has 0 amide bonds. The van der Waals surface area contributed by atoms with Crippen LogP contribution < -0.4 is 0 Å². The van der Waals surface area contributed by atoms with E-state index >= 15 is 0 Å². The minimum atomic E-state index is -0.547. The predicted octanol–water partition coefficient (Wildman–Crippen LogP) is 1.14. The van der Waals surface area contributed by atoms with Gasteiger partial charge in [-0.05, 0) is 13.8 Å². The number of esters is 1. The Labute approximate surface area is 87.3 Å². The van der Waals surface area contributed by atoms with Crippen molar-refractivity contribution >= 4 is 17.7 Å². The third-order valence-corrected chi connectivity index (χ3v) is 3.41. The largest absolute Gasteiger partial charge is 0.449 e. The lowest BCUT2D eigenvalue weighted by atomic mass is 10.2. The Morgan fingerprint density at radius 3 is 2.86 bits per heavy atom. The van der Waals surface area contributed by atoms with Gasteiger partial charge in [-0.3, -0.25) is 4.79 Å². The van der Waals surface area contributed by atoms with Crippen LogP contribution in [0, 0.1) is 0 Å². The molecular weight excluding hydrogens is 204 g/mol. The van der Waals surface area contributed by atoms with Crippen LogP contribution in [0.25, 0.3) is 0 Å². The van der Waals surface area contributed by atoms with Gasteiger partial charge in [0, 0.05) is 12.7 Å². The Hall–Kier alpha value is -0.260. The molecule has 2 aliphatic heterocycles. The summed E-state index contributed by atoms with van der Waals surface area (Å²) in [7, 11) is 0. The maximum absolute atomic E-state index is 10.8. The Morgan fingerprint density at radius 1 is 1.50 bits per heavy atom. The van der Waals surface area contributed by atoms with E-state index in [1.165, 1.54) is 6.92 Å². The normalized spacial score (nSPS) is 39.5. The van der Waals surface area contributed by atoms with Gasteiger partial charge in [0.1, 0.15) is 12.2 Å². The zero-order chi connectivity index (χ0) is 10.3. The molecule has 0 aromatic rings. The van der Waals surface area contributed by atoms with E-state index in [-0.39, 0.29) is 23.6 Å². The molecule has 4 nitrogen and oxygen atoms in total. The van der Waals surface area contributed by atoms with Crippen LogP contribution in [0.2, 0.25) is 0 Å². The zero-order valence-corrected chi connectivity index (χ0v) is 9.30. The molecule has 3 atom stereocenters. The molecule has 0 spiro atoms. The number of carbonyl (C=O) groups is 1. The van der Waals surface area contributed by atoms with Crippen LogP contribution in [0.1, 0.15) is 20.8 Å².